The third-order valence-corrected chi connectivity index (χ3v) is 0.382. The van der Waals surface area contributed by atoms with Crippen LogP contribution in [0.25, 0.3) is 0 Å². The van der Waals surface area contributed by atoms with Crippen LogP contribution >= 0.6 is 0 Å². The summed E-state index contributed by atoms with van der Waals surface area (Å²) in [6.45, 7) is 4.42. The summed E-state index contributed by atoms with van der Waals surface area (Å²) in [5.74, 6) is 0. The van der Waals surface area contributed by atoms with Gasteiger partial charge in [-0.2, -0.15) is 0 Å². The first kappa shape index (κ1) is 1.82. The third-order valence-electron chi connectivity index (χ3n) is 0.382. The second-order valence-electron chi connectivity index (χ2n) is 0.882. The molecule has 0 spiro atoms. The molecular formula is C3H4N. The lowest BCUT2D eigenvalue weighted by Gasteiger charge is -1.32. The van der Waals surface area contributed by atoms with Crippen molar-refractivity contribution in [1.29, 1.82) is 0 Å². The minimum Gasteiger partial charge on any atom is -0.282 e. The molecule has 0 aromatic heterocycles. The van der Waals surface area contributed by atoms with E-state index in [1.54, 1.807) is 0 Å². The van der Waals surface area contributed by atoms with Crippen molar-refractivity contribution >= 4 is 0 Å². The third kappa shape index (κ3) is 0.0696. The Morgan fingerprint density at radius 3 is 2.25 bits per heavy atom. The van der Waals surface area contributed by atoms with Crippen molar-refractivity contribution in [3.63, 3.8) is 0 Å². The molecule has 21 valence electrons. The second-order valence-corrected chi connectivity index (χ2v) is 0.882. The van der Waals surface area contributed by atoms with E-state index < -0.39 is 0 Å². The van der Waals surface area contributed by atoms with Crippen LogP contribution in [-0.4, -0.2) is 6.54 Å². The van der Waals surface area contributed by atoms with E-state index in [-0.39, 0.29) is 0 Å². The normalized spacial score (nSPS) is 19.5. The predicted octanol–water partition coefficient (Wildman–Crippen LogP) is 0.118. The van der Waals surface area contributed by atoms with E-state index in [1.165, 1.54) is 0 Å². The van der Waals surface area contributed by atoms with Gasteiger partial charge in [0.15, 0.2) is 0 Å². The zero-order chi connectivity index (χ0) is 2.99. The van der Waals surface area contributed by atoms with Gasteiger partial charge in [0.2, 0.25) is 0 Å². The lowest BCUT2D eigenvalue weighted by Crippen LogP contribution is -1.39. The number of hydrogen-bond donors (Lipinski definition) is 0. The maximum atomic E-state index is 3.71. The van der Waals surface area contributed by atoms with Gasteiger partial charge in [-0.25, -0.2) is 0 Å². The lowest BCUT2D eigenvalue weighted by atomic mass is 10.8. The Bertz CT molecular complexity index is 41.2. The molecule has 0 N–H and O–H groups in total. The Hall–Kier alpha value is -0.460. The Morgan fingerprint density at radius 2 is 2.25 bits per heavy atom. The van der Waals surface area contributed by atoms with Crippen LogP contribution in [0.4, 0.5) is 0 Å². The van der Waals surface area contributed by atoms with Gasteiger partial charge in [0.25, 0.3) is 0 Å². The summed E-state index contributed by atoms with van der Waals surface area (Å²) in [7, 11) is 0. The molecule has 0 atom stereocenters. The van der Waals surface area contributed by atoms with Crippen molar-refractivity contribution in [2.24, 2.45) is 0 Å². The van der Waals surface area contributed by atoms with E-state index in [1.807, 2.05) is 0 Å². The van der Waals surface area contributed by atoms with Crippen molar-refractivity contribution < 1.29 is 0 Å². The quantitative estimate of drug-likeness (QED) is 0.349. The van der Waals surface area contributed by atoms with Crippen LogP contribution in [0.15, 0.2) is 12.3 Å². The van der Waals surface area contributed by atoms with Crippen LogP contribution in [0.2, 0.25) is 0 Å². The van der Waals surface area contributed by atoms with Gasteiger partial charge in [0, 0.05) is 5.70 Å². The molecule has 1 heteroatoms. The molecule has 1 aliphatic rings. The molecule has 0 aromatic rings. The average molecular weight is 54.1 g/mol. The maximum absolute atomic E-state index is 3.71. The first-order valence-corrected chi connectivity index (χ1v) is 1.25. The topological polar surface area (TPSA) is 14.1 Å². The van der Waals surface area contributed by atoms with E-state index in [9.17, 15) is 0 Å². The molecule has 1 nitrogen and oxygen atoms in total. The van der Waals surface area contributed by atoms with Crippen LogP contribution in [0.1, 0.15) is 0 Å². The highest BCUT2D eigenvalue weighted by Crippen LogP contribution is 1.97. The molecule has 1 radical (unpaired) electrons. The lowest BCUT2D eigenvalue weighted by molar-refractivity contribution is 1.35. The molecule has 1 rings (SSSR count). The summed E-state index contributed by atoms with van der Waals surface area (Å²) in [6.07, 6.45) is 0. The first-order chi connectivity index (χ1) is 1.89. The van der Waals surface area contributed by atoms with E-state index in [2.05, 4.69) is 11.9 Å². The molecule has 0 unspecified atom stereocenters. The first-order valence-electron chi connectivity index (χ1n) is 1.25. The number of hydrogen-bond acceptors (Lipinski definition) is 0. The summed E-state index contributed by atoms with van der Waals surface area (Å²) in [6, 6.07) is 0. The van der Waals surface area contributed by atoms with E-state index in [0.29, 0.717) is 0 Å². The minimum atomic E-state index is 0.917. The Kier molecular flexibility index (Phi) is 0.133. The minimum absolute atomic E-state index is 0.917. The van der Waals surface area contributed by atoms with Crippen molar-refractivity contribution in [2.75, 3.05) is 6.54 Å². The molecular weight excluding hydrogens is 50.0 g/mol. The Labute approximate surface area is 25.3 Å². The fourth-order valence-corrected chi connectivity index (χ4v) is 0.0559. The monoisotopic (exact) mass is 54.0 g/mol. The van der Waals surface area contributed by atoms with Gasteiger partial charge < -0.3 is 0 Å². The van der Waals surface area contributed by atoms with Crippen molar-refractivity contribution in [3.05, 3.63) is 12.3 Å². The number of rotatable bonds is 0. The van der Waals surface area contributed by atoms with Crippen LogP contribution in [-0.2, 0) is 0 Å². The van der Waals surface area contributed by atoms with Gasteiger partial charge in [-0.05, 0) is 0 Å². The molecule has 1 heterocycles. The Morgan fingerprint density at radius 1 is 2.00 bits per heavy atom. The fourth-order valence-electron chi connectivity index (χ4n) is 0.0559. The van der Waals surface area contributed by atoms with Gasteiger partial charge in [0.05, 0.1) is 6.54 Å². The summed E-state index contributed by atoms with van der Waals surface area (Å²) in [5, 5.41) is 3.71. The van der Waals surface area contributed by atoms with Crippen LogP contribution < -0.4 is 5.32 Å². The second kappa shape index (κ2) is 0.292. The van der Waals surface area contributed by atoms with Gasteiger partial charge in [-0.15, -0.1) is 0 Å². The van der Waals surface area contributed by atoms with Crippen molar-refractivity contribution in [3.8, 4) is 0 Å². The van der Waals surface area contributed by atoms with E-state index >= 15 is 0 Å². The highest BCUT2D eigenvalue weighted by atomic mass is 15.0. The van der Waals surface area contributed by atoms with E-state index in [4.69, 9.17) is 0 Å². The molecule has 1 saturated heterocycles. The van der Waals surface area contributed by atoms with Crippen LogP contribution in [0.5, 0.6) is 0 Å². The van der Waals surface area contributed by atoms with E-state index in [0.717, 1.165) is 12.2 Å². The number of nitrogens with zero attached hydrogens (tertiary/aromatic N) is 1. The predicted molar refractivity (Wildman–Crippen MR) is 16.1 cm³/mol. The Balaban J connectivity index is 2.60. The smallest absolute Gasteiger partial charge is 0.0805 e. The van der Waals surface area contributed by atoms with Gasteiger partial charge in [-0.1, -0.05) is 6.58 Å². The highest BCUT2D eigenvalue weighted by molar-refractivity contribution is 5.08. The SMILES string of the molecule is C=C1C[N]1. The molecule has 0 saturated carbocycles. The molecule has 4 heavy (non-hydrogen) atoms. The highest BCUT2D eigenvalue weighted by Gasteiger charge is 2.05. The zero-order valence-corrected chi connectivity index (χ0v) is 2.36. The zero-order valence-electron chi connectivity index (χ0n) is 2.36. The van der Waals surface area contributed by atoms with Gasteiger partial charge in [-0.3, -0.25) is 5.32 Å². The maximum Gasteiger partial charge on any atom is 0.0805 e. The van der Waals surface area contributed by atoms with Gasteiger partial charge >= 0.3 is 0 Å². The van der Waals surface area contributed by atoms with Crippen molar-refractivity contribution in [1.82, 2.24) is 5.32 Å². The summed E-state index contributed by atoms with van der Waals surface area (Å²) in [5.41, 5.74) is 1.04. The summed E-state index contributed by atoms with van der Waals surface area (Å²) >= 11 is 0. The van der Waals surface area contributed by atoms with Crippen LogP contribution in [0, 0.1) is 0 Å². The molecule has 0 aromatic carbocycles. The summed E-state index contributed by atoms with van der Waals surface area (Å²) < 4.78 is 0. The van der Waals surface area contributed by atoms with Gasteiger partial charge in [0.1, 0.15) is 0 Å². The average Bonchev–Trinajstić information content (AvgIpc) is 1.75. The van der Waals surface area contributed by atoms with Crippen LogP contribution in [0.3, 0.4) is 0 Å². The largest absolute Gasteiger partial charge is 0.282 e. The summed E-state index contributed by atoms with van der Waals surface area (Å²) in [4.78, 5) is 0. The fraction of sp³-hybridized carbons (Fsp3) is 0.333. The van der Waals surface area contributed by atoms with Crippen molar-refractivity contribution in [2.45, 2.75) is 0 Å². The molecule has 1 aliphatic heterocycles. The molecule has 0 bridgehead atoms. The molecule has 1 fully saturated rings. The standard InChI is InChI=1S/C3H4N/c1-3-2-4-3/h1-2H2. The molecule has 0 amide bonds. The molecule has 0 aliphatic carbocycles.